The Balaban J connectivity index is 2.24. The Hall–Kier alpha value is -0.770. The molecule has 0 radical (unpaired) electrons. The van der Waals surface area contributed by atoms with Crippen molar-refractivity contribution in [2.75, 3.05) is 20.2 Å². The Labute approximate surface area is 72.7 Å². The third-order valence-electron chi connectivity index (χ3n) is 2.05. The van der Waals surface area contributed by atoms with Crippen LogP contribution in [0, 0.1) is 0 Å². The predicted octanol–water partition coefficient (Wildman–Crippen LogP) is 0.484. The van der Waals surface area contributed by atoms with Crippen LogP contribution < -0.4 is 10.6 Å². The maximum atomic E-state index is 10.8. The lowest BCUT2D eigenvalue weighted by atomic mass is 10.1. The molecule has 1 rings (SSSR count). The smallest absolute Gasteiger partial charge is 0.407 e. The molecule has 70 valence electrons. The van der Waals surface area contributed by atoms with Crippen LogP contribution in [-0.2, 0) is 4.74 Å². The van der Waals surface area contributed by atoms with Gasteiger partial charge in [0.2, 0.25) is 0 Å². The van der Waals surface area contributed by atoms with Crippen molar-refractivity contribution in [3.8, 4) is 0 Å². The largest absolute Gasteiger partial charge is 0.453 e. The summed E-state index contributed by atoms with van der Waals surface area (Å²) in [5.41, 5.74) is 0. The Morgan fingerprint density at radius 3 is 3.17 bits per heavy atom. The van der Waals surface area contributed by atoms with E-state index in [2.05, 4.69) is 15.4 Å². The molecule has 0 aliphatic carbocycles. The van der Waals surface area contributed by atoms with Crippen molar-refractivity contribution < 1.29 is 9.53 Å². The minimum Gasteiger partial charge on any atom is -0.453 e. The second kappa shape index (κ2) is 4.98. The van der Waals surface area contributed by atoms with Gasteiger partial charge in [-0.05, 0) is 19.4 Å². The van der Waals surface area contributed by atoms with Crippen LogP contribution >= 0.6 is 0 Å². The first-order valence-corrected chi connectivity index (χ1v) is 4.38. The standard InChI is InChI=1S/C8H16N2O2/c1-12-8(11)10-7-4-2-3-5-9-6-7/h7,9H,2-6H2,1H3,(H,10,11). The summed E-state index contributed by atoms with van der Waals surface area (Å²) >= 11 is 0. The van der Waals surface area contributed by atoms with Crippen molar-refractivity contribution in [2.45, 2.75) is 25.3 Å². The van der Waals surface area contributed by atoms with Gasteiger partial charge in [0.25, 0.3) is 0 Å². The molecule has 12 heavy (non-hydrogen) atoms. The van der Waals surface area contributed by atoms with E-state index in [9.17, 15) is 4.79 Å². The average Bonchev–Trinajstić information content (AvgIpc) is 2.33. The van der Waals surface area contributed by atoms with E-state index in [-0.39, 0.29) is 12.1 Å². The molecule has 2 N–H and O–H groups in total. The lowest BCUT2D eigenvalue weighted by molar-refractivity contribution is 0.166. The number of nitrogens with one attached hydrogen (secondary N) is 2. The summed E-state index contributed by atoms with van der Waals surface area (Å²) in [6.45, 7) is 1.91. The highest BCUT2D eigenvalue weighted by molar-refractivity contribution is 5.67. The normalized spacial score (nSPS) is 24.2. The van der Waals surface area contributed by atoms with Gasteiger partial charge in [-0.3, -0.25) is 0 Å². The molecule has 0 bridgehead atoms. The van der Waals surface area contributed by atoms with Gasteiger partial charge in [-0.25, -0.2) is 4.79 Å². The fraction of sp³-hybridized carbons (Fsp3) is 0.875. The molecule has 1 amide bonds. The van der Waals surface area contributed by atoms with E-state index in [1.807, 2.05) is 0 Å². The summed E-state index contributed by atoms with van der Waals surface area (Å²) in [6.07, 6.45) is 3.08. The summed E-state index contributed by atoms with van der Waals surface area (Å²) < 4.78 is 4.52. The highest BCUT2D eigenvalue weighted by Gasteiger charge is 2.13. The third-order valence-corrected chi connectivity index (χ3v) is 2.05. The molecule has 0 aromatic rings. The molecule has 4 heteroatoms. The summed E-state index contributed by atoms with van der Waals surface area (Å²) in [7, 11) is 1.39. The van der Waals surface area contributed by atoms with Crippen LogP contribution in [0.2, 0.25) is 0 Å². The highest BCUT2D eigenvalue weighted by atomic mass is 16.5. The van der Waals surface area contributed by atoms with E-state index >= 15 is 0 Å². The first-order valence-electron chi connectivity index (χ1n) is 4.38. The summed E-state index contributed by atoms with van der Waals surface area (Å²) in [4.78, 5) is 10.8. The number of hydrogen-bond acceptors (Lipinski definition) is 3. The molecule has 0 aromatic heterocycles. The molecule has 4 nitrogen and oxygen atoms in total. The van der Waals surface area contributed by atoms with Crippen molar-refractivity contribution in [3.05, 3.63) is 0 Å². The van der Waals surface area contributed by atoms with Crippen molar-refractivity contribution in [2.24, 2.45) is 0 Å². The van der Waals surface area contributed by atoms with Crippen molar-refractivity contribution in [1.29, 1.82) is 0 Å². The van der Waals surface area contributed by atoms with Gasteiger partial charge in [-0.15, -0.1) is 0 Å². The Bertz CT molecular complexity index is 142. The Morgan fingerprint density at radius 2 is 2.42 bits per heavy atom. The molecular weight excluding hydrogens is 156 g/mol. The van der Waals surface area contributed by atoms with E-state index in [0.717, 1.165) is 19.5 Å². The van der Waals surface area contributed by atoms with E-state index in [0.29, 0.717) is 0 Å². The lowest BCUT2D eigenvalue weighted by Gasteiger charge is -2.14. The topological polar surface area (TPSA) is 50.4 Å². The number of amides is 1. The maximum absolute atomic E-state index is 10.8. The van der Waals surface area contributed by atoms with Gasteiger partial charge in [0.15, 0.2) is 0 Å². The van der Waals surface area contributed by atoms with E-state index < -0.39 is 0 Å². The maximum Gasteiger partial charge on any atom is 0.407 e. The Morgan fingerprint density at radius 1 is 1.58 bits per heavy atom. The van der Waals surface area contributed by atoms with Gasteiger partial charge >= 0.3 is 6.09 Å². The molecular formula is C8H16N2O2. The van der Waals surface area contributed by atoms with E-state index in [4.69, 9.17) is 0 Å². The van der Waals surface area contributed by atoms with E-state index in [1.165, 1.54) is 20.0 Å². The predicted molar refractivity (Wildman–Crippen MR) is 46.0 cm³/mol. The zero-order valence-corrected chi connectivity index (χ0v) is 7.43. The lowest BCUT2D eigenvalue weighted by Crippen LogP contribution is -2.40. The molecule has 1 atom stereocenters. The van der Waals surface area contributed by atoms with E-state index in [1.54, 1.807) is 0 Å². The minimum atomic E-state index is -0.330. The molecule has 1 aliphatic rings. The van der Waals surface area contributed by atoms with Crippen molar-refractivity contribution in [3.63, 3.8) is 0 Å². The van der Waals surface area contributed by atoms with Crippen LogP contribution in [0.25, 0.3) is 0 Å². The number of carbonyl (C=O) groups is 1. The molecule has 1 aliphatic heterocycles. The van der Waals surface area contributed by atoms with Crippen LogP contribution in [0.1, 0.15) is 19.3 Å². The number of alkyl carbamates (subject to hydrolysis) is 1. The Kier molecular flexibility index (Phi) is 3.87. The number of carbonyl (C=O) groups excluding carboxylic acids is 1. The SMILES string of the molecule is COC(=O)NC1CCCCNC1. The zero-order chi connectivity index (χ0) is 8.81. The number of methoxy groups -OCH3 is 1. The first-order chi connectivity index (χ1) is 5.83. The van der Waals surface area contributed by atoms with Gasteiger partial charge in [0, 0.05) is 12.6 Å². The fourth-order valence-corrected chi connectivity index (χ4v) is 1.37. The first kappa shape index (κ1) is 9.32. The van der Waals surface area contributed by atoms with Crippen LogP contribution in [-0.4, -0.2) is 32.3 Å². The van der Waals surface area contributed by atoms with Crippen LogP contribution in [0.15, 0.2) is 0 Å². The molecule has 1 fully saturated rings. The minimum absolute atomic E-state index is 0.236. The molecule has 1 heterocycles. The van der Waals surface area contributed by atoms with Gasteiger partial charge in [0.1, 0.15) is 0 Å². The van der Waals surface area contributed by atoms with Crippen molar-refractivity contribution >= 4 is 6.09 Å². The second-order valence-electron chi connectivity index (χ2n) is 3.03. The van der Waals surface area contributed by atoms with Crippen molar-refractivity contribution in [1.82, 2.24) is 10.6 Å². The summed E-state index contributed by atoms with van der Waals surface area (Å²) in [5.74, 6) is 0. The fourth-order valence-electron chi connectivity index (χ4n) is 1.37. The molecule has 0 aromatic carbocycles. The zero-order valence-electron chi connectivity index (χ0n) is 7.43. The van der Waals surface area contributed by atoms with Gasteiger partial charge in [-0.2, -0.15) is 0 Å². The summed E-state index contributed by atoms with van der Waals surface area (Å²) in [6, 6.07) is 0.236. The number of ether oxygens (including phenoxy) is 1. The molecule has 0 saturated carbocycles. The van der Waals surface area contributed by atoms with Gasteiger partial charge in [0.05, 0.1) is 7.11 Å². The average molecular weight is 172 g/mol. The van der Waals surface area contributed by atoms with Crippen LogP contribution in [0.3, 0.4) is 0 Å². The second-order valence-corrected chi connectivity index (χ2v) is 3.03. The van der Waals surface area contributed by atoms with Gasteiger partial charge in [-0.1, -0.05) is 6.42 Å². The number of hydrogen-bond donors (Lipinski definition) is 2. The highest BCUT2D eigenvalue weighted by Crippen LogP contribution is 2.03. The third kappa shape index (κ3) is 3.09. The van der Waals surface area contributed by atoms with Crippen LogP contribution in [0.5, 0.6) is 0 Å². The van der Waals surface area contributed by atoms with Crippen LogP contribution in [0.4, 0.5) is 4.79 Å². The summed E-state index contributed by atoms with van der Waals surface area (Å²) in [5, 5.41) is 6.04. The van der Waals surface area contributed by atoms with Gasteiger partial charge < -0.3 is 15.4 Å². The quantitative estimate of drug-likeness (QED) is 0.605. The molecule has 0 spiro atoms. The number of rotatable bonds is 1. The molecule has 1 unspecified atom stereocenters. The molecule has 1 saturated heterocycles. The monoisotopic (exact) mass is 172 g/mol.